The smallest absolute Gasteiger partial charge is 0.191 e. The number of benzene rings is 1. The predicted octanol–water partition coefficient (Wildman–Crippen LogP) is 3.03. The topological polar surface area (TPSA) is 37.3 Å². The Morgan fingerprint density at radius 2 is 1.88 bits per heavy atom. The molecule has 1 atom stereocenters. The van der Waals surface area contributed by atoms with Gasteiger partial charge in [0.25, 0.3) is 0 Å². The molecule has 88 valence electrons. The van der Waals surface area contributed by atoms with Crippen molar-refractivity contribution in [1.29, 1.82) is 0 Å². The largest absolute Gasteiger partial charge is 0.385 e. The van der Waals surface area contributed by atoms with Crippen LogP contribution in [-0.4, -0.2) is 22.9 Å². The second-order valence-corrected chi connectivity index (χ2v) is 4.16. The van der Waals surface area contributed by atoms with Gasteiger partial charge >= 0.3 is 0 Å². The Hall–Kier alpha value is -0.860. The van der Waals surface area contributed by atoms with E-state index in [4.69, 9.17) is 11.6 Å². The fraction of sp³-hybridized carbons (Fsp3) is 0.462. The van der Waals surface area contributed by atoms with Crippen molar-refractivity contribution >= 4 is 17.4 Å². The summed E-state index contributed by atoms with van der Waals surface area (Å²) in [5, 5.41) is 9.69. The van der Waals surface area contributed by atoms with Crippen molar-refractivity contribution in [1.82, 2.24) is 0 Å². The van der Waals surface area contributed by atoms with E-state index >= 15 is 0 Å². The zero-order valence-electron chi connectivity index (χ0n) is 9.23. The van der Waals surface area contributed by atoms with Crippen molar-refractivity contribution in [3.63, 3.8) is 0 Å². The summed E-state index contributed by atoms with van der Waals surface area (Å²) in [7, 11) is 0. The standard InChI is InChI=1S/C13H17ClO2/c14-10-6-2-5-9-12(15)13(16)11-7-3-1-4-8-11/h1,3-4,7-8,12,15H,2,5-6,9-10H2. The van der Waals surface area contributed by atoms with Crippen LogP contribution in [0.3, 0.4) is 0 Å². The van der Waals surface area contributed by atoms with Crippen LogP contribution < -0.4 is 0 Å². The van der Waals surface area contributed by atoms with E-state index in [0.717, 1.165) is 19.3 Å². The van der Waals surface area contributed by atoms with Gasteiger partial charge in [0.15, 0.2) is 5.78 Å². The first-order valence-corrected chi connectivity index (χ1v) is 6.12. The minimum absolute atomic E-state index is 0.188. The van der Waals surface area contributed by atoms with Crippen LogP contribution in [-0.2, 0) is 0 Å². The van der Waals surface area contributed by atoms with Crippen molar-refractivity contribution in [3.8, 4) is 0 Å². The van der Waals surface area contributed by atoms with Gasteiger partial charge in [0.1, 0.15) is 6.10 Å². The molecule has 1 unspecified atom stereocenters. The summed E-state index contributed by atoms with van der Waals surface area (Å²) in [5.41, 5.74) is 0.576. The number of halogens is 1. The highest BCUT2D eigenvalue weighted by Gasteiger charge is 2.15. The SMILES string of the molecule is O=C(c1ccccc1)C(O)CCCCCCl. The van der Waals surface area contributed by atoms with Gasteiger partial charge < -0.3 is 5.11 Å². The lowest BCUT2D eigenvalue weighted by molar-refractivity contribution is 0.0725. The van der Waals surface area contributed by atoms with Crippen LogP contribution in [0.25, 0.3) is 0 Å². The summed E-state index contributed by atoms with van der Waals surface area (Å²) >= 11 is 5.55. The molecule has 1 rings (SSSR count). The number of ketones is 1. The molecule has 0 saturated heterocycles. The quantitative estimate of drug-likeness (QED) is 0.452. The van der Waals surface area contributed by atoms with Crippen LogP contribution in [0.4, 0.5) is 0 Å². The third-order valence-corrected chi connectivity index (χ3v) is 2.74. The minimum Gasteiger partial charge on any atom is -0.385 e. The number of aliphatic hydroxyl groups excluding tert-OH is 1. The minimum atomic E-state index is -0.877. The molecule has 0 amide bonds. The maximum absolute atomic E-state index is 11.7. The van der Waals surface area contributed by atoms with Gasteiger partial charge in [0.05, 0.1) is 0 Å². The normalized spacial score (nSPS) is 12.4. The lowest BCUT2D eigenvalue weighted by Crippen LogP contribution is -2.20. The van der Waals surface area contributed by atoms with Crippen molar-refractivity contribution < 1.29 is 9.90 Å². The van der Waals surface area contributed by atoms with E-state index < -0.39 is 6.10 Å². The number of rotatable bonds is 7. The first-order valence-electron chi connectivity index (χ1n) is 5.59. The average molecular weight is 241 g/mol. The van der Waals surface area contributed by atoms with Crippen LogP contribution in [0.2, 0.25) is 0 Å². The third-order valence-electron chi connectivity index (χ3n) is 2.47. The Kier molecular flexibility index (Phi) is 6.12. The summed E-state index contributed by atoms with van der Waals surface area (Å²) in [4.78, 5) is 11.7. The number of aliphatic hydroxyl groups is 1. The molecule has 16 heavy (non-hydrogen) atoms. The van der Waals surface area contributed by atoms with E-state index in [-0.39, 0.29) is 5.78 Å². The van der Waals surface area contributed by atoms with Crippen molar-refractivity contribution in [2.45, 2.75) is 31.8 Å². The van der Waals surface area contributed by atoms with Crippen molar-refractivity contribution in [3.05, 3.63) is 35.9 Å². The molecule has 0 heterocycles. The summed E-state index contributed by atoms with van der Waals surface area (Å²) in [5.74, 6) is 0.453. The lowest BCUT2D eigenvalue weighted by Gasteiger charge is -2.08. The molecule has 0 bridgehead atoms. The first kappa shape index (κ1) is 13.2. The highest BCUT2D eigenvalue weighted by atomic mass is 35.5. The third kappa shape index (κ3) is 4.33. The Labute approximate surface area is 101 Å². The van der Waals surface area contributed by atoms with Gasteiger partial charge in [-0.15, -0.1) is 11.6 Å². The maximum atomic E-state index is 11.7. The molecule has 1 aromatic rings. The van der Waals surface area contributed by atoms with Gasteiger partial charge in [-0.1, -0.05) is 43.2 Å². The summed E-state index contributed by atoms with van der Waals surface area (Å²) in [6.07, 6.45) is 2.38. The van der Waals surface area contributed by atoms with Gasteiger partial charge in [-0.25, -0.2) is 0 Å². The van der Waals surface area contributed by atoms with E-state index in [9.17, 15) is 9.90 Å². The number of hydrogen-bond donors (Lipinski definition) is 1. The Morgan fingerprint density at radius 3 is 2.50 bits per heavy atom. The second kappa shape index (κ2) is 7.42. The molecule has 0 aliphatic carbocycles. The zero-order valence-corrected chi connectivity index (χ0v) is 9.99. The second-order valence-electron chi connectivity index (χ2n) is 3.78. The molecular weight excluding hydrogens is 224 g/mol. The van der Waals surface area contributed by atoms with E-state index in [2.05, 4.69) is 0 Å². The molecule has 0 fully saturated rings. The molecule has 0 aliphatic heterocycles. The molecule has 0 saturated carbocycles. The molecule has 1 aromatic carbocycles. The van der Waals surface area contributed by atoms with Crippen molar-refractivity contribution in [2.75, 3.05) is 5.88 Å². The van der Waals surface area contributed by atoms with Gasteiger partial charge in [-0.2, -0.15) is 0 Å². The predicted molar refractivity (Wildman–Crippen MR) is 66.0 cm³/mol. The molecule has 0 radical (unpaired) electrons. The van der Waals surface area contributed by atoms with E-state index in [0.29, 0.717) is 17.9 Å². The highest BCUT2D eigenvalue weighted by Crippen LogP contribution is 2.10. The van der Waals surface area contributed by atoms with Crippen LogP contribution in [0.5, 0.6) is 0 Å². The summed E-state index contributed by atoms with van der Waals surface area (Å²) in [6.45, 7) is 0. The van der Waals surface area contributed by atoms with E-state index in [1.165, 1.54) is 0 Å². The number of carbonyl (C=O) groups excluding carboxylic acids is 1. The summed E-state index contributed by atoms with van der Waals surface area (Å²) < 4.78 is 0. The molecule has 0 aromatic heterocycles. The van der Waals surface area contributed by atoms with Gasteiger partial charge in [-0.3, -0.25) is 4.79 Å². The summed E-state index contributed by atoms with van der Waals surface area (Å²) in [6, 6.07) is 8.90. The number of hydrogen-bond acceptors (Lipinski definition) is 2. The van der Waals surface area contributed by atoms with Crippen LogP contribution >= 0.6 is 11.6 Å². The fourth-order valence-corrected chi connectivity index (χ4v) is 1.72. The van der Waals surface area contributed by atoms with Gasteiger partial charge in [0.2, 0.25) is 0 Å². The average Bonchev–Trinajstić information content (AvgIpc) is 2.34. The Morgan fingerprint density at radius 1 is 1.19 bits per heavy atom. The van der Waals surface area contributed by atoms with Crippen LogP contribution in [0, 0.1) is 0 Å². The number of carbonyl (C=O) groups is 1. The van der Waals surface area contributed by atoms with E-state index in [1.54, 1.807) is 24.3 Å². The molecule has 2 nitrogen and oxygen atoms in total. The number of Topliss-reactive ketones (excluding diaryl/α,β-unsaturated/α-hetero) is 1. The van der Waals surface area contributed by atoms with Gasteiger partial charge in [-0.05, 0) is 12.8 Å². The lowest BCUT2D eigenvalue weighted by atomic mass is 10.0. The molecule has 3 heteroatoms. The molecule has 0 aliphatic rings. The molecule has 1 N–H and O–H groups in total. The van der Waals surface area contributed by atoms with Crippen LogP contribution in [0.15, 0.2) is 30.3 Å². The Balaban J connectivity index is 2.37. The Bertz CT molecular complexity index is 311. The molecular formula is C13H17ClO2. The highest BCUT2D eigenvalue weighted by molar-refractivity contribution is 6.17. The van der Waals surface area contributed by atoms with Crippen LogP contribution in [0.1, 0.15) is 36.0 Å². The fourth-order valence-electron chi connectivity index (χ4n) is 1.53. The van der Waals surface area contributed by atoms with Gasteiger partial charge in [0, 0.05) is 11.4 Å². The number of unbranched alkanes of at least 4 members (excludes halogenated alkanes) is 2. The van der Waals surface area contributed by atoms with E-state index in [1.807, 2.05) is 6.07 Å². The monoisotopic (exact) mass is 240 g/mol. The van der Waals surface area contributed by atoms with Crippen molar-refractivity contribution in [2.24, 2.45) is 0 Å². The molecule has 0 spiro atoms. The zero-order chi connectivity index (χ0) is 11.8. The number of alkyl halides is 1. The first-order chi connectivity index (χ1) is 7.75. The maximum Gasteiger partial charge on any atom is 0.191 e.